The smallest absolute Gasteiger partial charge is 0.309 e. The van der Waals surface area contributed by atoms with Crippen molar-refractivity contribution in [2.45, 2.75) is 25.7 Å². The fraction of sp³-hybridized carbons (Fsp3) is 0.500. The Balaban J connectivity index is 1.81. The number of phenolic OH excluding ortho intramolecular Hbond substituents is 1. The van der Waals surface area contributed by atoms with E-state index in [1.165, 1.54) is 6.42 Å². The van der Waals surface area contributed by atoms with E-state index in [1.54, 1.807) is 12.1 Å². The maximum absolute atomic E-state index is 11.5. The topological polar surface area (TPSA) is 57.5 Å². The van der Waals surface area contributed by atoms with E-state index in [4.69, 9.17) is 0 Å². The maximum Gasteiger partial charge on any atom is 0.309 e. The molecule has 1 aromatic carbocycles. The average molecular weight is 232 g/mol. The zero-order valence-corrected chi connectivity index (χ0v) is 9.60. The molecular weight excluding hydrogens is 216 g/mol. The lowest BCUT2D eigenvalue weighted by atomic mass is 9.77. The number of phenols is 1. The van der Waals surface area contributed by atoms with E-state index in [2.05, 4.69) is 0 Å². The summed E-state index contributed by atoms with van der Waals surface area (Å²) in [7, 11) is 0. The summed E-state index contributed by atoms with van der Waals surface area (Å²) in [6.07, 6.45) is 3.47. The molecule has 17 heavy (non-hydrogen) atoms. The van der Waals surface area contributed by atoms with Gasteiger partial charge in [0.15, 0.2) is 0 Å². The van der Waals surface area contributed by atoms with E-state index in [0.29, 0.717) is 18.3 Å². The first-order valence-electron chi connectivity index (χ1n) is 6.10. The first-order valence-corrected chi connectivity index (χ1v) is 6.10. The molecule has 2 N–H and O–H groups in total. The standard InChI is InChI=1S/C14H16O3/c15-12-3-1-9(2-4-12)6-14(13(16)17)7-10-5-11(10)8-14/h1-4,10-11,15H,5-8H2,(H,16,17). The van der Waals surface area contributed by atoms with Crippen molar-refractivity contribution in [2.75, 3.05) is 0 Å². The fourth-order valence-corrected chi connectivity index (χ4v) is 3.30. The molecule has 2 unspecified atom stereocenters. The van der Waals surface area contributed by atoms with Gasteiger partial charge in [-0.1, -0.05) is 12.1 Å². The van der Waals surface area contributed by atoms with E-state index in [9.17, 15) is 15.0 Å². The molecule has 0 aromatic heterocycles. The molecule has 0 heterocycles. The highest BCUT2D eigenvalue weighted by Crippen LogP contribution is 2.60. The second-order valence-corrected chi connectivity index (χ2v) is 5.59. The summed E-state index contributed by atoms with van der Waals surface area (Å²) >= 11 is 0. The van der Waals surface area contributed by atoms with E-state index >= 15 is 0 Å². The van der Waals surface area contributed by atoms with E-state index in [1.807, 2.05) is 12.1 Å². The van der Waals surface area contributed by atoms with Gasteiger partial charge in [-0.25, -0.2) is 0 Å². The quantitative estimate of drug-likeness (QED) is 0.841. The normalized spacial score (nSPS) is 34.4. The summed E-state index contributed by atoms with van der Waals surface area (Å²) in [5.74, 6) is 0.886. The van der Waals surface area contributed by atoms with Crippen LogP contribution in [0.5, 0.6) is 5.75 Å². The molecule has 90 valence electrons. The van der Waals surface area contributed by atoms with Crippen molar-refractivity contribution in [3.63, 3.8) is 0 Å². The van der Waals surface area contributed by atoms with Crippen LogP contribution in [0.25, 0.3) is 0 Å². The van der Waals surface area contributed by atoms with Gasteiger partial charge in [0.1, 0.15) is 5.75 Å². The van der Waals surface area contributed by atoms with Crippen LogP contribution in [0.15, 0.2) is 24.3 Å². The average Bonchev–Trinajstić information content (AvgIpc) is 2.90. The molecule has 2 atom stereocenters. The Labute approximate surface area is 100 Å². The number of hydrogen-bond acceptors (Lipinski definition) is 2. The Morgan fingerprint density at radius 2 is 1.82 bits per heavy atom. The zero-order chi connectivity index (χ0) is 12.0. The Bertz CT molecular complexity index is 439. The highest BCUT2D eigenvalue weighted by molar-refractivity contribution is 5.76. The van der Waals surface area contributed by atoms with Crippen molar-refractivity contribution >= 4 is 5.97 Å². The Morgan fingerprint density at radius 1 is 1.24 bits per heavy atom. The van der Waals surface area contributed by atoms with E-state index in [0.717, 1.165) is 18.4 Å². The summed E-state index contributed by atoms with van der Waals surface area (Å²) in [6.45, 7) is 0. The largest absolute Gasteiger partial charge is 0.508 e. The molecule has 0 radical (unpaired) electrons. The van der Waals surface area contributed by atoms with E-state index in [-0.39, 0.29) is 5.75 Å². The molecule has 2 fully saturated rings. The lowest BCUT2D eigenvalue weighted by Gasteiger charge is -2.26. The highest BCUT2D eigenvalue weighted by Gasteiger charge is 2.57. The van der Waals surface area contributed by atoms with Crippen LogP contribution in [0.2, 0.25) is 0 Å². The number of aromatic hydroxyl groups is 1. The van der Waals surface area contributed by atoms with Gasteiger partial charge in [-0.3, -0.25) is 4.79 Å². The van der Waals surface area contributed by atoms with Crippen molar-refractivity contribution in [1.82, 2.24) is 0 Å². The second kappa shape index (κ2) is 3.49. The molecule has 1 aromatic rings. The minimum Gasteiger partial charge on any atom is -0.508 e. The van der Waals surface area contributed by atoms with E-state index < -0.39 is 11.4 Å². The molecule has 2 aliphatic carbocycles. The molecule has 3 heteroatoms. The number of rotatable bonds is 3. The number of carbonyl (C=O) groups is 1. The van der Waals surface area contributed by atoms with Crippen molar-refractivity contribution in [3.05, 3.63) is 29.8 Å². The highest BCUT2D eigenvalue weighted by atomic mass is 16.4. The number of carboxylic acids is 1. The van der Waals surface area contributed by atoms with Crippen molar-refractivity contribution in [1.29, 1.82) is 0 Å². The van der Waals surface area contributed by atoms with Crippen LogP contribution in [-0.4, -0.2) is 16.2 Å². The number of fused-ring (bicyclic) bond motifs is 1. The number of carboxylic acid groups (broad SMARTS) is 1. The zero-order valence-electron chi connectivity index (χ0n) is 9.60. The molecule has 2 saturated carbocycles. The third-order valence-corrected chi connectivity index (χ3v) is 4.31. The Morgan fingerprint density at radius 3 is 2.35 bits per heavy atom. The first-order chi connectivity index (χ1) is 8.09. The SMILES string of the molecule is O=C(O)C1(Cc2ccc(O)cc2)CC2CC2C1. The molecule has 0 bridgehead atoms. The van der Waals surface area contributed by atoms with Crippen LogP contribution in [0, 0.1) is 17.3 Å². The fourth-order valence-electron chi connectivity index (χ4n) is 3.30. The van der Waals surface area contributed by atoms with Crippen LogP contribution < -0.4 is 0 Å². The summed E-state index contributed by atoms with van der Waals surface area (Å²) in [5.41, 5.74) is 0.455. The minimum absolute atomic E-state index is 0.229. The molecule has 3 rings (SSSR count). The van der Waals surface area contributed by atoms with Crippen molar-refractivity contribution in [3.8, 4) is 5.75 Å². The minimum atomic E-state index is -0.655. The molecule has 0 amide bonds. The summed E-state index contributed by atoms with van der Waals surface area (Å²) in [4.78, 5) is 11.5. The van der Waals surface area contributed by atoms with Crippen LogP contribution in [0.1, 0.15) is 24.8 Å². The van der Waals surface area contributed by atoms with Gasteiger partial charge in [-0.05, 0) is 55.2 Å². The molecule has 0 spiro atoms. The third-order valence-electron chi connectivity index (χ3n) is 4.31. The van der Waals surface area contributed by atoms with Gasteiger partial charge in [0.2, 0.25) is 0 Å². The van der Waals surface area contributed by atoms with Gasteiger partial charge in [0, 0.05) is 0 Å². The molecule has 2 aliphatic rings. The Hall–Kier alpha value is -1.51. The molecule has 0 aliphatic heterocycles. The van der Waals surface area contributed by atoms with Crippen LogP contribution >= 0.6 is 0 Å². The van der Waals surface area contributed by atoms with Gasteiger partial charge in [0.25, 0.3) is 0 Å². The number of hydrogen-bond donors (Lipinski definition) is 2. The van der Waals surface area contributed by atoms with Crippen molar-refractivity contribution in [2.24, 2.45) is 17.3 Å². The number of aliphatic carboxylic acids is 1. The summed E-state index contributed by atoms with van der Waals surface area (Å²) < 4.78 is 0. The monoisotopic (exact) mass is 232 g/mol. The second-order valence-electron chi connectivity index (χ2n) is 5.59. The first kappa shape index (κ1) is 10.6. The van der Waals surface area contributed by atoms with Crippen LogP contribution in [-0.2, 0) is 11.2 Å². The maximum atomic E-state index is 11.5. The van der Waals surface area contributed by atoms with Crippen LogP contribution in [0.4, 0.5) is 0 Å². The lowest BCUT2D eigenvalue weighted by molar-refractivity contribution is -0.149. The van der Waals surface area contributed by atoms with Crippen molar-refractivity contribution < 1.29 is 15.0 Å². The predicted octanol–water partition coefficient (Wildman–Crippen LogP) is 2.44. The molecular formula is C14H16O3. The summed E-state index contributed by atoms with van der Waals surface area (Å²) in [6, 6.07) is 6.90. The molecule has 0 saturated heterocycles. The lowest BCUT2D eigenvalue weighted by Crippen LogP contribution is -2.31. The molecule has 3 nitrogen and oxygen atoms in total. The van der Waals surface area contributed by atoms with Gasteiger partial charge in [-0.15, -0.1) is 0 Å². The number of benzene rings is 1. The van der Waals surface area contributed by atoms with Gasteiger partial charge >= 0.3 is 5.97 Å². The Kier molecular flexibility index (Phi) is 2.18. The van der Waals surface area contributed by atoms with Gasteiger partial charge in [0.05, 0.1) is 5.41 Å². The third kappa shape index (κ3) is 1.79. The van der Waals surface area contributed by atoms with Gasteiger partial charge in [-0.2, -0.15) is 0 Å². The summed E-state index contributed by atoms with van der Waals surface area (Å²) in [5, 5.41) is 18.7. The van der Waals surface area contributed by atoms with Gasteiger partial charge < -0.3 is 10.2 Å². The predicted molar refractivity (Wildman–Crippen MR) is 62.7 cm³/mol. The van der Waals surface area contributed by atoms with Crippen LogP contribution in [0.3, 0.4) is 0 Å².